The summed E-state index contributed by atoms with van der Waals surface area (Å²) in [5, 5.41) is 9.04. The summed E-state index contributed by atoms with van der Waals surface area (Å²) in [7, 11) is 1.93. The Morgan fingerprint density at radius 1 is 1.26 bits per heavy atom. The Balaban J connectivity index is 1.83. The number of anilines is 1. The van der Waals surface area contributed by atoms with E-state index in [0.717, 1.165) is 24.4 Å². The molecule has 2 amide bonds. The van der Waals surface area contributed by atoms with Gasteiger partial charge in [-0.25, -0.2) is 4.79 Å². The predicted molar refractivity (Wildman–Crippen MR) is 78.3 cm³/mol. The molecular weight excluding hydrogens is 238 g/mol. The molecule has 4 nitrogen and oxygen atoms in total. The molecule has 1 unspecified atom stereocenters. The quantitative estimate of drug-likeness (QED) is 0.780. The van der Waals surface area contributed by atoms with E-state index >= 15 is 0 Å². The Morgan fingerprint density at radius 3 is 2.42 bits per heavy atom. The van der Waals surface area contributed by atoms with Crippen molar-refractivity contribution in [2.45, 2.75) is 38.8 Å². The second-order valence-electron chi connectivity index (χ2n) is 5.50. The lowest BCUT2D eigenvalue weighted by Crippen LogP contribution is -2.45. The van der Waals surface area contributed by atoms with Crippen LogP contribution in [0.15, 0.2) is 24.3 Å². The van der Waals surface area contributed by atoms with E-state index in [1.807, 2.05) is 31.3 Å². The molecule has 3 N–H and O–H groups in total. The van der Waals surface area contributed by atoms with E-state index in [-0.39, 0.29) is 6.03 Å². The number of hydrogen-bond acceptors (Lipinski definition) is 2. The van der Waals surface area contributed by atoms with Crippen LogP contribution in [0.4, 0.5) is 10.5 Å². The molecule has 0 bridgehead atoms. The average Bonchev–Trinajstić information content (AvgIpc) is 2.37. The zero-order chi connectivity index (χ0) is 13.8. The summed E-state index contributed by atoms with van der Waals surface area (Å²) in [5.74, 6) is 0.743. The van der Waals surface area contributed by atoms with Gasteiger partial charge in [-0.15, -0.1) is 0 Å². The minimum absolute atomic E-state index is 0.105. The van der Waals surface area contributed by atoms with Crippen LogP contribution in [0.1, 0.15) is 38.3 Å². The lowest BCUT2D eigenvalue weighted by molar-refractivity contribution is 0.219. The van der Waals surface area contributed by atoms with Crippen molar-refractivity contribution in [2.24, 2.45) is 5.92 Å². The van der Waals surface area contributed by atoms with Gasteiger partial charge in [0.15, 0.2) is 0 Å². The third-order valence-electron chi connectivity index (χ3n) is 3.81. The van der Waals surface area contributed by atoms with Crippen LogP contribution in [0.25, 0.3) is 0 Å². The lowest BCUT2D eigenvalue weighted by atomic mass is 9.82. The van der Waals surface area contributed by atoms with E-state index in [4.69, 9.17) is 0 Å². The number of carbonyl (C=O) groups is 1. The fourth-order valence-corrected chi connectivity index (χ4v) is 2.39. The molecule has 1 aliphatic rings. The first-order valence-corrected chi connectivity index (χ1v) is 6.93. The highest BCUT2D eigenvalue weighted by molar-refractivity contribution is 5.89. The van der Waals surface area contributed by atoms with E-state index in [1.165, 1.54) is 5.56 Å². The molecule has 0 saturated heterocycles. The maximum absolute atomic E-state index is 11.8. The fourth-order valence-electron chi connectivity index (χ4n) is 2.39. The molecule has 104 valence electrons. The minimum atomic E-state index is -0.105. The van der Waals surface area contributed by atoms with Gasteiger partial charge in [-0.2, -0.15) is 0 Å². The standard InChI is InChI=1S/C15H23N3O/c1-10-8-14(9-10)18-15(19)17-13-6-4-12(5-7-13)11(2)16-3/h4-7,10-11,14,16H,8-9H2,1-3H3,(H2,17,18,19). The van der Waals surface area contributed by atoms with Gasteiger partial charge >= 0.3 is 6.03 Å². The monoisotopic (exact) mass is 261 g/mol. The van der Waals surface area contributed by atoms with Crippen LogP contribution >= 0.6 is 0 Å². The maximum Gasteiger partial charge on any atom is 0.319 e. The zero-order valence-corrected chi connectivity index (χ0v) is 11.9. The van der Waals surface area contributed by atoms with E-state index in [2.05, 4.69) is 29.8 Å². The van der Waals surface area contributed by atoms with E-state index < -0.39 is 0 Å². The first-order valence-electron chi connectivity index (χ1n) is 6.93. The van der Waals surface area contributed by atoms with Crippen molar-refractivity contribution in [1.29, 1.82) is 0 Å². The molecule has 0 aromatic heterocycles. The Kier molecular flexibility index (Phi) is 4.43. The maximum atomic E-state index is 11.8. The van der Waals surface area contributed by atoms with Crippen molar-refractivity contribution >= 4 is 11.7 Å². The van der Waals surface area contributed by atoms with Crippen molar-refractivity contribution in [3.05, 3.63) is 29.8 Å². The van der Waals surface area contributed by atoms with Crippen LogP contribution < -0.4 is 16.0 Å². The number of amides is 2. The van der Waals surface area contributed by atoms with Crippen molar-refractivity contribution < 1.29 is 4.79 Å². The number of urea groups is 1. The van der Waals surface area contributed by atoms with E-state index in [0.29, 0.717) is 12.1 Å². The van der Waals surface area contributed by atoms with Gasteiger partial charge in [-0.05, 0) is 50.4 Å². The predicted octanol–water partition coefficient (Wildman–Crippen LogP) is 2.89. The molecule has 0 heterocycles. The summed E-state index contributed by atoms with van der Waals surface area (Å²) in [4.78, 5) is 11.8. The van der Waals surface area contributed by atoms with E-state index in [1.54, 1.807) is 0 Å². The molecule has 0 radical (unpaired) electrons. The van der Waals surface area contributed by atoms with Gasteiger partial charge in [0, 0.05) is 17.8 Å². The number of benzene rings is 1. The molecule has 1 saturated carbocycles. The summed E-state index contributed by atoms with van der Waals surface area (Å²) in [6, 6.07) is 8.49. The van der Waals surface area contributed by atoms with Crippen LogP contribution in [0.2, 0.25) is 0 Å². The molecule has 1 aromatic rings. The molecule has 19 heavy (non-hydrogen) atoms. The van der Waals surface area contributed by atoms with Gasteiger partial charge in [0.05, 0.1) is 0 Å². The molecule has 1 aliphatic carbocycles. The van der Waals surface area contributed by atoms with Gasteiger partial charge in [0.25, 0.3) is 0 Å². The Labute approximate surface area is 115 Å². The minimum Gasteiger partial charge on any atom is -0.335 e. The Hall–Kier alpha value is -1.55. The summed E-state index contributed by atoms with van der Waals surface area (Å²) in [5.41, 5.74) is 2.04. The number of carbonyl (C=O) groups excluding carboxylic acids is 1. The third-order valence-corrected chi connectivity index (χ3v) is 3.81. The second kappa shape index (κ2) is 6.06. The SMILES string of the molecule is CNC(C)c1ccc(NC(=O)NC2CC(C)C2)cc1. The normalized spacial score (nSPS) is 23.3. The van der Waals surface area contributed by atoms with Crippen molar-refractivity contribution in [3.63, 3.8) is 0 Å². The molecule has 4 heteroatoms. The van der Waals surface area contributed by atoms with Crippen LogP contribution in [-0.2, 0) is 0 Å². The molecule has 1 fully saturated rings. The summed E-state index contributed by atoms with van der Waals surface area (Å²) >= 11 is 0. The second-order valence-corrected chi connectivity index (χ2v) is 5.50. The topological polar surface area (TPSA) is 53.2 Å². The summed E-state index contributed by atoms with van der Waals surface area (Å²) < 4.78 is 0. The summed E-state index contributed by atoms with van der Waals surface area (Å²) in [6.07, 6.45) is 2.18. The van der Waals surface area contributed by atoms with E-state index in [9.17, 15) is 4.79 Å². The molecular formula is C15H23N3O. The molecule has 2 rings (SSSR count). The largest absolute Gasteiger partial charge is 0.335 e. The molecule has 1 atom stereocenters. The highest BCUT2D eigenvalue weighted by Gasteiger charge is 2.26. The van der Waals surface area contributed by atoms with Crippen LogP contribution in [0.5, 0.6) is 0 Å². The van der Waals surface area contributed by atoms with Crippen molar-refractivity contribution in [1.82, 2.24) is 10.6 Å². The highest BCUT2D eigenvalue weighted by atomic mass is 16.2. The molecule has 0 spiro atoms. The first-order chi connectivity index (χ1) is 9.08. The van der Waals surface area contributed by atoms with Gasteiger partial charge in [-0.1, -0.05) is 19.1 Å². The van der Waals surface area contributed by atoms with Crippen molar-refractivity contribution in [3.8, 4) is 0 Å². The third kappa shape index (κ3) is 3.70. The molecule has 0 aliphatic heterocycles. The Morgan fingerprint density at radius 2 is 1.89 bits per heavy atom. The van der Waals surface area contributed by atoms with Gasteiger partial charge in [0.2, 0.25) is 0 Å². The number of rotatable bonds is 4. The number of hydrogen-bond donors (Lipinski definition) is 3. The van der Waals surface area contributed by atoms with Gasteiger partial charge in [-0.3, -0.25) is 0 Å². The van der Waals surface area contributed by atoms with Crippen molar-refractivity contribution in [2.75, 3.05) is 12.4 Å². The number of nitrogens with one attached hydrogen (secondary N) is 3. The van der Waals surface area contributed by atoms with Crippen LogP contribution in [0, 0.1) is 5.92 Å². The summed E-state index contributed by atoms with van der Waals surface area (Å²) in [6.45, 7) is 4.31. The first kappa shape index (κ1) is 13.9. The van der Waals surface area contributed by atoms with Gasteiger partial charge in [0.1, 0.15) is 0 Å². The highest BCUT2D eigenvalue weighted by Crippen LogP contribution is 2.26. The van der Waals surface area contributed by atoms with Gasteiger partial charge < -0.3 is 16.0 Å². The average molecular weight is 261 g/mol. The Bertz CT molecular complexity index is 424. The zero-order valence-electron chi connectivity index (χ0n) is 11.9. The fraction of sp³-hybridized carbons (Fsp3) is 0.533. The molecule has 1 aromatic carbocycles. The smallest absolute Gasteiger partial charge is 0.319 e. The lowest BCUT2D eigenvalue weighted by Gasteiger charge is -2.33. The van der Waals surface area contributed by atoms with Crippen LogP contribution in [0.3, 0.4) is 0 Å². The van der Waals surface area contributed by atoms with Crippen LogP contribution in [-0.4, -0.2) is 19.1 Å².